The average molecular weight is 407 g/mol. The van der Waals surface area contributed by atoms with Crippen molar-refractivity contribution in [2.45, 2.75) is 77.4 Å². The molecule has 0 aromatic heterocycles. The zero-order valence-electron chi connectivity index (χ0n) is 18.3. The van der Waals surface area contributed by atoms with Gasteiger partial charge in [-0.1, -0.05) is 79.9 Å². The molecular formula is C26H34N2O2. The number of aryl methyl sites for hydroxylation is 2. The van der Waals surface area contributed by atoms with Gasteiger partial charge in [-0.05, 0) is 43.7 Å². The highest BCUT2D eigenvalue weighted by molar-refractivity contribution is 5.88. The van der Waals surface area contributed by atoms with Crippen LogP contribution in [0.3, 0.4) is 0 Å². The number of hydrogen-bond acceptors (Lipinski definition) is 2. The van der Waals surface area contributed by atoms with E-state index in [1.54, 1.807) is 4.90 Å². The van der Waals surface area contributed by atoms with Crippen LogP contribution in [0.4, 0.5) is 0 Å². The molecule has 4 heteroatoms. The summed E-state index contributed by atoms with van der Waals surface area (Å²) in [5.74, 6) is 0.0249. The van der Waals surface area contributed by atoms with Crippen molar-refractivity contribution in [2.75, 3.05) is 0 Å². The first-order valence-corrected chi connectivity index (χ1v) is 11.3. The van der Waals surface area contributed by atoms with Gasteiger partial charge in [-0.2, -0.15) is 0 Å². The molecular weight excluding hydrogens is 372 g/mol. The predicted molar refractivity (Wildman–Crippen MR) is 121 cm³/mol. The van der Waals surface area contributed by atoms with Crippen molar-refractivity contribution in [3.63, 3.8) is 0 Å². The molecule has 0 heterocycles. The minimum atomic E-state index is -0.434. The van der Waals surface area contributed by atoms with Gasteiger partial charge in [0, 0.05) is 19.0 Å². The molecule has 4 nitrogen and oxygen atoms in total. The van der Waals surface area contributed by atoms with Gasteiger partial charge in [0.2, 0.25) is 11.8 Å². The van der Waals surface area contributed by atoms with Gasteiger partial charge in [0.05, 0.1) is 0 Å². The zero-order valence-corrected chi connectivity index (χ0v) is 18.3. The lowest BCUT2D eigenvalue weighted by Crippen LogP contribution is -2.51. The predicted octanol–water partition coefficient (Wildman–Crippen LogP) is 4.79. The first kappa shape index (κ1) is 22.1. The summed E-state index contributed by atoms with van der Waals surface area (Å²) in [4.78, 5) is 28.1. The Morgan fingerprint density at radius 2 is 1.67 bits per heavy atom. The van der Waals surface area contributed by atoms with Crippen LogP contribution < -0.4 is 5.32 Å². The standard InChI is InChI=1S/C26H34N2O2/c1-3-24(26(30)27-23-11-7-8-12-23)28(19-22-9-5-4-6-10-22)25(29)18-17-21-15-13-20(2)14-16-21/h4-6,9-10,13-16,23-24H,3,7-8,11-12,17-19H2,1-2H3,(H,27,30)/t24-/m1/s1. The molecule has 2 aromatic carbocycles. The molecule has 0 spiro atoms. The molecule has 2 amide bonds. The first-order valence-electron chi connectivity index (χ1n) is 11.3. The minimum absolute atomic E-state index is 0.0102. The van der Waals surface area contributed by atoms with Gasteiger partial charge in [-0.3, -0.25) is 9.59 Å². The van der Waals surface area contributed by atoms with Crippen molar-refractivity contribution in [1.29, 1.82) is 0 Å². The van der Waals surface area contributed by atoms with Gasteiger partial charge < -0.3 is 10.2 Å². The number of carbonyl (C=O) groups is 2. The van der Waals surface area contributed by atoms with Crippen molar-refractivity contribution >= 4 is 11.8 Å². The highest BCUT2D eigenvalue weighted by Gasteiger charge is 2.30. The summed E-state index contributed by atoms with van der Waals surface area (Å²) in [5.41, 5.74) is 3.41. The van der Waals surface area contributed by atoms with Crippen LogP contribution in [-0.4, -0.2) is 28.8 Å². The molecule has 1 aliphatic carbocycles. The normalized spacial score (nSPS) is 15.0. The molecule has 3 rings (SSSR count). The molecule has 0 saturated heterocycles. The second kappa shape index (κ2) is 11.0. The van der Waals surface area contributed by atoms with E-state index >= 15 is 0 Å². The maximum Gasteiger partial charge on any atom is 0.243 e. The molecule has 30 heavy (non-hydrogen) atoms. The van der Waals surface area contributed by atoms with Crippen LogP contribution in [0.1, 0.15) is 62.1 Å². The second-order valence-electron chi connectivity index (χ2n) is 8.41. The molecule has 1 aliphatic rings. The summed E-state index contributed by atoms with van der Waals surface area (Å²) in [6.45, 7) is 4.51. The Labute approximate surface area is 180 Å². The molecule has 1 atom stereocenters. The largest absolute Gasteiger partial charge is 0.352 e. The summed E-state index contributed by atoms with van der Waals surface area (Å²) in [7, 11) is 0. The number of nitrogens with one attached hydrogen (secondary N) is 1. The Kier molecular flexibility index (Phi) is 8.06. The summed E-state index contributed by atoms with van der Waals surface area (Å²) < 4.78 is 0. The van der Waals surface area contributed by atoms with Gasteiger partial charge in [0.25, 0.3) is 0 Å². The Bertz CT molecular complexity index is 811. The highest BCUT2D eigenvalue weighted by atomic mass is 16.2. The van der Waals surface area contributed by atoms with Crippen molar-refractivity contribution in [3.8, 4) is 0 Å². The zero-order chi connectivity index (χ0) is 21.3. The smallest absolute Gasteiger partial charge is 0.243 e. The van der Waals surface area contributed by atoms with E-state index in [1.807, 2.05) is 37.3 Å². The summed E-state index contributed by atoms with van der Waals surface area (Å²) in [6, 6.07) is 18.1. The number of nitrogens with zero attached hydrogens (tertiary/aromatic N) is 1. The number of benzene rings is 2. The molecule has 2 aromatic rings. The van der Waals surface area contributed by atoms with Gasteiger partial charge in [-0.25, -0.2) is 0 Å². The van der Waals surface area contributed by atoms with E-state index < -0.39 is 6.04 Å². The summed E-state index contributed by atoms with van der Waals surface area (Å²) in [5, 5.41) is 3.20. The summed E-state index contributed by atoms with van der Waals surface area (Å²) >= 11 is 0. The van der Waals surface area contributed by atoms with Gasteiger partial charge >= 0.3 is 0 Å². The number of amides is 2. The van der Waals surface area contributed by atoms with E-state index in [4.69, 9.17) is 0 Å². The minimum Gasteiger partial charge on any atom is -0.352 e. The van der Waals surface area contributed by atoms with E-state index in [0.29, 0.717) is 25.8 Å². The summed E-state index contributed by atoms with van der Waals surface area (Å²) in [6.07, 6.45) is 6.14. The Morgan fingerprint density at radius 3 is 2.30 bits per heavy atom. The van der Waals surface area contributed by atoms with E-state index in [2.05, 4.69) is 36.5 Å². The van der Waals surface area contributed by atoms with Crippen molar-refractivity contribution in [1.82, 2.24) is 10.2 Å². The average Bonchev–Trinajstić information content (AvgIpc) is 3.26. The van der Waals surface area contributed by atoms with Gasteiger partial charge in [0.15, 0.2) is 0 Å². The SMILES string of the molecule is CC[C@H](C(=O)NC1CCCC1)N(Cc1ccccc1)C(=O)CCc1ccc(C)cc1. The molecule has 1 N–H and O–H groups in total. The lowest BCUT2D eigenvalue weighted by molar-refractivity contribution is -0.141. The highest BCUT2D eigenvalue weighted by Crippen LogP contribution is 2.20. The molecule has 1 saturated carbocycles. The van der Waals surface area contributed by atoms with Crippen LogP contribution in [0.15, 0.2) is 54.6 Å². The van der Waals surface area contributed by atoms with E-state index in [0.717, 1.165) is 24.0 Å². The quantitative estimate of drug-likeness (QED) is 0.651. The number of carbonyl (C=O) groups excluding carboxylic acids is 2. The third-order valence-corrected chi connectivity index (χ3v) is 6.03. The maximum atomic E-state index is 13.3. The maximum absolute atomic E-state index is 13.3. The van der Waals surface area contributed by atoms with E-state index in [-0.39, 0.29) is 17.9 Å². The van der Waals surface area contributed by atoms with Gasteiger partial charge in [0.1, 0.15) is 6.04 Å². The topological polar surface area (TPSA) is 49.4 Å². The molecule has 0 aliphatic heterocycles. The third kappa shape index (κ3) is 6.19. The monoisotopic (exact) mass is 406 g/mol. The molecule has 160 valence electrons. The lowest BCUT2D eigenvalue weighted by atomic mass is 10.0. The number of rotatable bonds is 9. The van der Waals surface area contributed by atoms with Crippen molar-refractivity contribution in [2.24, 2.45) is 0 Å². The Balaban J connectivity index is 1.72. The van der Waals surface area contributed by atoms with Crippen molar-refractivity contribution in [3.05, 3.63) is 71.3 Å². The first-order chi connectivity index (χ1) is 14.6. The van der Waals surface area contributed by atoms with Crippen molar-refractivity contribution < 1.29 is 9.59 Å². The van der Waals surface area contributed by atoms with E-state index in [1.165, 1.54) is 18.4 Å². The van der Waals surface area contributed by atoms with Crippen LogP contribution in [-0.2, 0) is 22.6 Å². The molecule has 0 radical (unpaired) electrons. The fraction of sp³-hybridized carbons (Fsp3) is 0.462. The van der Waals surface area contributed by atoms with E-state index in [9.17, 15) is 9.59 Å². The lowest BCUT2D eigenvalue weighted by Gasteiger charge is -2.31. The van der Waals surface area contributed by atoms with Crippen LogP contribution >= 0.6 is 0 Å². The second-order valence-corrected chi connectivity index (χ2v) is 8.41. The van der Waals surface area contributed by atoms with Crippen LogP contribution in [0.25, 0.3) is 0 Å². The van der Waals surface area contributed by atoms with Crippen LogP contribution in [0.2, 0.25) is 0 Å². The molecule has 0 unspecified atom stereocenters. The van der Waals surface area contributed by atoms with Crippen LogP contribution in [0.5, 0.6) is 0 Å². The fourth-order valence-electron chi connectivity index (χ4n) is 4.22. The Morgan fingerprint density at radius 1 is 1.00 bits per heavy atom. The van der Waals surface area contributed by atoms with Crippen LogP contribution in [0, 0.1) is 6.92 Å². The number of hydrogen-bond donors (Lipinski definition) is 1. The Hall–Kier alpha value is -2.62. The molecule has 0 bridgehead atoms. The fourth-order valence-corrected chi connectivity index (χ4v) is 4.22. The van der Waals surface area contributed by atoms with Gasteiger partial charge in [-0.15, -0.1) is 0 Å². The third-order valence-electron chi connectivity index (χ3n) is 6.03. The molecule has 1 fully saturated rings.